The van der Waals surface area contributed by atoms with E-state index in [2.05, 4.69) is 137 Å². The van der Waals surface area contributed by atoms with Gasteiger partial charge in [0, 0.05) is 5.92 Å². The van der Waals surface area contributed by atoms with Gasteiger partial charge in [0.05, 0.1) is 4.32 Å². The minimum absolute atomic E-state index is 0.160. The Hall–Kier alpha value is -3.20. The number of hydrogen-bond acceptors (Lipinski definition) is 1. The van der Waals surface area contributed by atoms with Gasteiger partial charge in [-0.15, -0.1) is 0 Å². The summed E-state index contributed by atoms with van der Waals surface area (Å²) in [6.45, 7) is 0. The molecule has 1 saturated heterocycles. The maximum absolute atomic E-state index is 7.59. The van der Waals surface area contributed by atoms with Gasteiger partial charge in [-0.1, -0.05) is 125 Å². The summed E-state index contributed by atoms with van der Waals surface area (Å²) in [6, 6.07) is 43.9. The van der Waals surface area contributed by atoms with Crippen molar-refractivity contribution in [2.75, 3.05) is 0 Å². The number of alkyl halides is 1. The largest absolute Gasteiger partial charge is 0.347 e. The molecule has 2 heterocycles. The number of hydrogen-bond donors (Lipinski definition) is 0. The first kappa shape index (κ1) is 19.1. The van der Waals surface area contributed by atoms with Gasteiger partial charge in [0.1, 0.15) is 11.2 Å². The van der Waals surface area contributed by atoms with E-state index in [1.165, 1.54) is 44.2 Å². The summed E-state index contributed by atoms with van der Waals surface area (Å²) in [5, 5.41) is 2.50. The number of benzene rings is 5. The van der Waals surface area contributed by atoms with E-state index >= 15 is 0 Å². The van der Waals surface area contributed by atoms with Gasteiger partial charge in [0.25, 0.3) is 0 Å². The standard InChI is InChI=1S/C32H21BrO/c33-31-26-18-10-9-17-25(26)29(31)30(23-13-3-1-4-14-23)27-19-21-11-7-8-12-22(21)20-28(27)32(31,34-30)24-15-5-2-6-16-24/h1-20,29H. The van der Waals surface area contributed by atoms with Crippen LogP contribution in [0.25, 0.3) is 10.8 Å². The van der Waals surface area contributed by atoms with E-state index in [1.54, 1.807) is 0 Å². The van der Waals surface area contributed by atoms with Crippen molar-refractivity contribution in [1.82, 2.24) is 0 Å². The van der Waals surface area contributed by atoms with Crippen molar-refractivity contribution in [2.45, 2.75) is 21.4 Å². The van der Waals surface area contributed by atoms with Crippen LogP contribution >= 0.6 is 15.9 Å². The molecule has 2 bridgehead atoms. The molecule has 4 atom stereocenters. The third-order valence-corrected chi connectivity index (χ3v) is 9.79. The van der Waals surface area contributed by atoms with E-state index in [4.69, 9.17) is 4.74 Å². The van der Waals surface area contributed by atoms with Crippen molar-refractivity contribution in [3.63, 3.8) is 0 Å². The first-order chi connectivity index (χ1) is 16.7. The third kappa shape index (κ3) is 1.92. The van der Waals surface area contributed by atoms with Gasteiger partial charge in [0.2, 0.25) is 0 Å². The molecule has 5 aromatic rings. The molecular formula is C32H21BrO. The Labute approximate surface area is 207 Å². The summed E-state index contributed by atoms with van der Waals surface area (Å²) in [5.41, 5.74) is 6.46. The van der Waals surface area contributed by atoms with E-state index in [9.17, 15) is 0 Å². The van der Waals surface area contributed by atoms with Crippen LogP contribution in [0, 0.1) is 0 Å². The Kier molecular flexibility index (Phi) is 3.53. The second kappa shape index (κ2) is 6.27. The van der Waals surface area contributed by atoms with Crippen LogP contribution in [0.15, 0.2) is 121 Å². The molecule has 0 aromatic heterocycles. The molecular weight excluding hydrogens is 480 g/mol. The van der Waals surface area contributed by atoms with Gasteiger partial charge < -0.3 is 4.74 Å². The van der Waals surface area contributed by atoms with E-state index in [1.807, 2.05) is 0 Å². The van der Waals surface area contributed by atoms with E-state index < -0.39 is 11.2 Å². The number of fused-ring (bicyclic) bond motifs is 12. The van der Waals surface area contributed by atoms with Crippen molar-refractivity contribution in [3.05, 3.63) is 155 Å². The van der Waals surface area contributed by atoms with Crippen LogP contribution in [0.3, 0.4) is 0 Å². The number of ether oxygens (including phenoxy) is 1. The lowest BCUT2D eigenvalue weighted by Gasteiger charge is -2.55. The second-order valence-corrected chi connectivity index (χ2v) is 11.0. The van der Waals surface area contributed by atoms with Crippen molar-refractivity contribution in [1.29, 1.82) is 0 Å². The molecule has 162 valence electrons. The van der Waals surface area contributed by atoms with Crippen molar-refractivity contribution >= 4 is 26.7 Å². The molecule has 8 rings (SSSR count). The predicted octanol–water partition coefficient (Wildman–Crippen LogP) is 7.76. The first-order valence-electron chi connectivity index (χ1n) is 11.8. The quantitative estimate of drug-likeness (QED) is 0.225. The minimum Gasteiger partial charge on any atom is -0.347 e. The molecule has 1 fully saturated rings. The highest BCUT2D eigenvalue weighted by Crippen LogP contribution is 2.83. The summed E-state index contributed by atoms with van der Waals surface area (Å²) in [5.74, 6) is 0.160. The highest BCUT2D eigenvalue weighted by Gasteiger charge is 2.82. The predicted molar refractivity (Wildman–Crippen MR) is 139 cm³/mol. The van der Waals surface area contributed by atoms with Gasteiger partial charge in [0.15, 0.2) is 0 Å². The smallest absolute Gasteiger partial charge is 0.140 e. The molecule has 2 aliphatic heterocycles. The SMILES string of the molecule is BrC12c3ccccc3C1C1(c3ccccc3)OC2(c2ccccc2)c2cc3ccccc3cc21. The Morgan fingerprint density at radius 2 is 1.12 bits per heavy atom. The van der Waals surface area contributed by atoms with Gasteiger partial charge in [-0.3, -0.25) is 0 Å². The van der Waals surface area contributed by atoms with Crippen molar-refractivity contribution in [3.8, 4) is 0 Å². The zero-order valence-electron chi connectivity index (χ0n) is 18.4. The minimum atomic E-state index is -0.636. The summed E-state index contributed by atoms with van der Waals surface area (Å²) in [4.78, 5) is 0. The normalized spacial score (nSPS) is 29.9. The summed E-state index contributed by atoms with van der Waals surface area (Å²) >= 11 is 4.39. The Morgan fingerprint density at radius 3 is 1.82 bits per heavy atom. The summed E-state index contributed by atoms with van der Waals surface area (Å²) < 4.78 is 7.23. The fourth-order valence-corrected chi connectivity index (χ4v) is 8.56. The Bertz CT molecular complexity index is 1610. The summed E-state index contributed by atoms with van der Waals surface area (Å²) in [7, 11) is 0. The molecule has 3 aliphatic rings. The van der Waals surface area contributed by atoms with E-state index in [0.717, 1.165) is 0 Å². The molecule has 1 aliphatic carbocycles. The molecule has 4 unspecified atom stereocenters. The van der Waals surface area contributed by atoms with Crippen LogP contribution in [0.5, 0.6) is 0 Å². The lowest BCUT2D eigenvalue weighted by atomic mass is 9.49. The summed E-state index contributed by atoms with van der Waals surface area (Å²) in [6.07, 6.45) is 0. The van der Waals surface area contributed by atoms with Crippen molar-refractivity contribution in [2.24, 2.45) is 0 Å². The first-order valence-corrected chi connectivity index (χ1v) is 12.6. The average molecular weight is 501 g/mol. The van der Waals surface area contributed by atoms with Gasteiger partial charge in [-0.05, 0) is 56.3 Å². The van der Waals surface area contributed by atoms with Crippen LogP contribution < -0.4 is 0 Å². The molecule has 5 aromatic carbocycles. The third-order valence-electron chi connectivity index (χ3n) is 8.34. The Balaban J connectivity index is 1.58. The molecule has 34 heavy (non-hydrogen) atoms. The highest BCUT2D eigenvalue weighted by atomic mass is 79.9. The molecule has 2 heteroatoms. The van der Waals surface area contributed by atoms with Crippen molar-refractivity contribution < 1.29 is 4.74 Å². The monoisotopic (exact) mass is 500 g/mol. The van der Waals surface area contributed by atoms with Gasteiger partial charge >= 0.3 is 0 Å². The van der Waals surface area contributed by atoms with E-state index in [-0.39, 0.29) is 10.2 Å². The lowest BCUT2D eigenvalue weighted by Crippen LogP contribution is -2.54. The maximum Gasteiger partial charge on any atom is 0.140 e. The number of rotatable bonds is 2. The van der Waals surface area contributed by atoms with Crippen LogP contribution in [-0.4, -0.2) is 0 Å². The molecule has 0 amide bonds. The fraction of sp³-hybridized carbons (Fsp3) is 0.125. The van der Waals surface area contributed by atoms with Gasteiger partial charge in [-0.2, -0.15) is 0 Å². The lowest BCUT2D eigenvalue weighted by molar-refractivity contribution is -0.0471. The molecule has 1 nitrogen and oxygen atoms in total. The van der Waals surface area contributed by atoms with Crippen LogP contribution in [-0.2, 0) is 20.3 Å². The fourth-order valence-electron chi connectivity index (χ4n) is 7.10. The molecule has 0 radical (unpaired) electrons. The Morgan fingerprint density at radius 1 is 0.559 bits per heavy atom. The average Bonchev–Trinajstić information content (AvgIpc) is 3.31. The number of halogens is 1. The maximum atomic E-state index is 7.59. The second-order valence-electron chi connectivity index (χ2n) is 9.73. The van der Waals surface area contributed by atoms with Crippen LogP contribution in [0.4, 0.5) is 0 Å². The van der Waals surface area contributed by atoms with Crippen LogP contribution in [0.2, 0.25) is 0 Å². The zero-order valence-corrected chi connectivity index (χ0v) is 20.0. The highest BCUT2D eigenvalue weighted by molar-refractivity contribution is 9.09. The van der Waals surface area contributed by atoms with Crippen LogP contribution in [0.1, 0.15) is 39.3 Å². The molecule has 0 spiro atoms. The van der Waals surface area contributed by atoms with Gasteiger partial charge in [-0.25, -0.2) is 0 Å². The molecule has 0 N–H and O–H groups in total. The zero-order chi connectivity index (χ0) is 22.5. The van der Waals surface area contributed by atoms with E-state index in [0.29, 0.717) is 0 Å². The molecule has 0 saturated carbocycles. The topological polar surface area (TPSA) is 9.23 Å².